The molecule has 110 valence electrons. The highest BCUT2D eigenvalue weighted by Gasteiger charge is 2.28. The first-order valence-electron chi connectivity index (χ1n) is 6.98. The molecule has 0 unspecified atom stereocenters. The Balaban J connectivity index is 2.05. The Morgan fingerprint density at radius 1 is 1.33 bits per heavy atom. The number of carbonyl (C=O) groups is 1. The molecule has 2 heterocycles. The van der Waals surface area contributed by atoms with Gasteiger partial charge in [0.05, 0.1) is 6.26 Å². The summed E-state index contributed by atoms with van der Waals surface area (Å²) in [5.74, 6) is -0.826. The van der Waals surface area contributed by atoms with Gasteiger partial charge in [0.25, 0.3) is 0 Å². The van der Waals surface area contributed by atoms with Crippen LogP contribution >= 0.6 is 0 Å². The molecule has 1 fully saturated rings. The summed E-state index contributed by atoms with van der Waals surface area (Å²) in [6, 6.07) is 5.90. The van der Waals surface area contributed by atoms with Gasteiger partial charge in [-0.2, -0.15) is 0 Å². The first-order valence-corrected chi connectivity index (χ1v) is 6.98. The molecule has 0 spiro atoms. The molecule has 2 N–H and O–H groups in total. The van der Waals surface area contributed by atoms with E-state index in [0.717, 1.165) is 25.9 Å². The van der Waals surface area contributed by atoms with Crippen molar-refractivity contribution in [2.45, 2.75) is 18.8 Å². The van der Waals surface area contributed by atoms with E-state index in [0.29, 0.717) is 16.9 Å². The first kappa shape index (κ1) is 13.8. The van der Waals surface area contributed by atoms with Gasteiger partial charge in [-0.1, -0.05) is 12.1 Å². The van der Waals surface area contributed by atoms with Crippen LogP contribution in [0.25, 0.3) is 11.1 Å². The molecular formula is C16H16FNO3. The molecule has 1 aromatic heterocycles. The number of aromatic carboxylic acids is 1. The maximum Gasteiger partial charge on any atom is 0.339 e. The third-order valence-corrected chi connectivity index (χ3v) is 3.88. The van der Waals surface area contributed by atoms with Crippen LogP contribution in [0.15, 0.2) is 34.9 Å². The number of carboxylic acids is 1. The van der Waals surface area contributed by atoms with Crippen LogP contribution in [-0.4, -0.2) is 24.2 Å². The SMILES string of the molecule is O=C(O)c1c(-c2cccc(F)c2)coc1C1CCNCC1. The van der Waals surface area contributed by atoms with Crippen LogP contribution in [0.1, 0.15) is 34.9 Å². The maximum atomic E-state index is 13.4. The summed E-state index contributed by atoms with van der Waals surface area (Å²) in [5, 5.41) is 12.8. The zero-order valence-corrected chi connectivity index (χ0v) is 11.4. The van der Waals surface area contributed by atoms with Gasteiger partial charge in [0.15, 0.2) is 0 Å². The first-order chi connectivity index (χ1) is 10.2. The Bertz CT molecular complexity index is 659. The molecule has 0 atom stereocenters. The number of nitrogens with one attached hydrogen (secondary N) is 1. The highest BCUT2D eigenvalue weighted by Crippen LogP contribution is 2.36. The number of hydrogen-bond donors (Lipinski definition) is 2. The van der Waals surface area contributed by atoms with Crippen molar-refractivity contribution < 1.29 is 18.7 Å². The number of rotatable bonds is 3. The van der Waals surface area contributed by atoms with E-state index in [1.807, 2.05) is 0 Å². The molecule has 0 saturated carbocycles. The van der Waals surface area contributed by atoms with E-state index in [1.54, 1.807) is 12.1 Å². The highest BCUT2D eigenvalue weighted by molar-refractivity contribution is 5.97. The van der Waals surface area contributed by atoms with Gasteiger partial charge in [-0.15, -0.1) is 0 Å². The fourth-order valence-electron chi connectivity index (χ4n) is 2.85. The van der Waals surface area contributed by atoms with Crippen molar-refractivity contribution in [3.63, 3.8) is 0 Å². The monoisotopic (exact) mass is 289 g/mol. The minimum absolute atomic E-state index is 0.0969. The molecule has 0 bridgehead atoms. The summed E-state index contributed by atoms with van der Waals surface area (Å²) < 4.78 is 18.9. The number of hydrogen-bond acceptors (Lipinski definition) is 3. The van der Waals surface area contributed by atoms with E-state index in [4.69, 9.17) is 4.42 Å². The van der Waals surface area contributed by atoms with Crippen LogP contribution in [0.3, 0.4) is 0 Å². The standard InChI is InChI=1S/C16H16FNO3/c17-12-3-1-2-11(8-12)13-9-21-15(14(13)16(19)20)10-4-6-18-7-5-10/h1-3,8-10,18H,4-7H2,(H,19,20). The van der Waals surface area contributed by atoms with Crippen molar-refractivity contribution in [3.8, 4) is 11.1 Å². The molecule has 1 saturated heterocycles. The van der Waals surface area contributed by atoms with Gasteiger partial charge < -0.3 is 14.8 Å². The number of benzene rings is 1. The van der Waals surface area contributed by atoms with E-state index >= 15 is 0 Å². The zero-order chi connectivity index (χ0) is 14.8. The predicted octanol–water partition coefficient (Wildman–Crippen LogP) is 3.25. The van der Waals surface area contributed by atoms with E-state index in [-0.39, 0.29) is 11.5 Å². The molecule has 0 aliphatic carbocycles. The lowest BCUT2D eigenvalue weighted by Gasteiger charge is -2.21. The Morgan fingerprint density at radius 2 is 2.10 bits per heavy atom. The Morgan fingerprint density at radius 3 is 2.76 bits per heavy atom. The zero-order valence-electron chi connectivity index (χ0n) is 11.4. The number of furan rings is 1. The molecule has 5 heteroatoms. The second kappa shape index (κ2) is 5.69. The largest absolute Gasteiger partial charge is 0.478 e. The van der Waals surface area contributed by atoms with Gasteiger partial charge >= 0.3 is 5.97 Å². The van der Waals surface area contributed by atoms with Gasteiger partial charge in [0.1, 0.15) is 17.1 Å². The van der Waals surface area contributed by atoms with Crippen molar-refractivity contribution in [3.05, 3.63) is 47.7 Å². The normalized spacial score (nSPS) is 16.0. The quantitative estimate of drug-likeness (QED) is 0.910. The number of halogens is 1. The lowest BCUT2D eigenvalue weighted by atomic mass is 9.91. The summed E-state index contributed by atoms with van der Waals surface area (Å²) in [6.07, 6.45) is 3.11. The summed E-state index contributed by atoms with van der Waals surface area (Å²) >= 11 is 0. The second-order valence-electron chi connectivity index (χ2n) is 5.23. The van der Waals surface area contributed by atoms with Crippen molar-refractivity contribution in [1.29, 1.82) is 0 Å². The average Bonchev–Trinajstić information content (AvgIpc) is 2.93. The van der Waals surface area contributed by atoms with Crippen LogP contribution in [0.5, 0.6) is 0 Å². The molecule has 1 aliphatic rings. The minimum atomic E-state index is -1.03. The summed E-state index contributed by atoms with van der Waals surface area (Å²) in [6.45, 7) is 1.69. The third-order valence-electron chi connectivity index (χ3n) is 3.88. The van der Waals surface area contributed by atoms with E-state index < -0.39 is 11.8 Å². The van der Waals surface area contributed by atoms with Crippen LogP contribution in [0.4, 0.5) is 4.39 Å². The average molecular weight is 289 g/mol. The van der Waals surface area contributed by atoms with Gasteiger partial charge in [-0.3, -0.25) is 0 Å². The van der Waals surface area contributed by atoms with Gasteiger partial charge in [0, 0.05) is 11.5 Å². The molecular weight excluding hydrogens is 273 g/mol. The van der Waals surface area contributed by atoms with Gasteiger partial charge in [-0.05, 0) is 43.6 Å². The maximum absolute atomic E-state index is 13.4. The molecule has 2 aromatic rings. The van der Waals surface area contributed by atoms with Crippen molar-refractivity contribution in [2.75, 3.05) is 13.1 Å². The van der Waals surface area contributed by atoms with Crippen LogP contribution in [-0.2, 0) is 0 Å². The second-order valence-corrected chi connectivity index (χ2v) is 5.23. The molecule has 21 heavy (non-hydrogen) atoms. The Kier molecular flexibility index (Phi) is 3.75. The number of carboxylic acid groups (broad SMARTS) is 1. The van der Waals surface area contributed by atoms with E-state index in [1.165, 1.54) is 18.4 Å². The smallest absolute Gasteiger partial charge is 0.339 e. The predicted molar refractivity (Wildman–Crippen MR) is 75.9 cm³/mol. The van der Waals surface area contributed by atoms with Crippen LogP contribution in [0.2, 0.25) is 0 Å². The minimum Gasteiger partial charge on any atom is -0.478 e. The molecule has 0 amide bonds. The molecule has 1 aliphatic heterocycles. The summed E-state index contributed by atoms with van der Waals surface area (Å²) in [5.41, 5.74) is 1.12. The Labute approximate surface area is 121 Å². The van der Waals surface area contributed by atoms with Gasteiger partial charge in [-0.25, -0.2) is 9.18 Å². The lowest BCUT2D eigenvalue weighted by Crippen LogP contribution is -2.27. The summed E-state index contributed by atoms with van der Waals surface area (Å²) in [4.78, 5) is 11.6. The van der Waals surface area contributed by atoms with Crippen LogP contribution in [0, 0.1) is 5.82 Å². The topological polar surface area (TPSA) is 62.5 Å². The van der Waals surface area contributed by atoms with E-state index in [9.17, 15) is 14.3 Å². The Hall–Kier alpha value is -2.14. The van der Waals surface area contributed by atoms with Crippen molar-refractivity contribution in [1.82, 2.24) is 5.32 Å². The third kappa shape index (κ3) is 2.69. The summed E-state index contributed by atoms with van der Waals surface area (Å²) in [7, 11) is 0. The van der Waals surface area contributed by atoms with E-state index in [2.05, 4.69) is 5.32 Å². The fraction of sp³-hybridized carbons (Fsp3) is 0.312. The van der Waals surface area contributed by atoms with Crippen molar-refractivity contribution in [2.24, 2.45) is 0 Å². The molecule has 4 nitrogen and oxygen atoms in total. The molecule has 0 radical (unpaired) electrons. The highest BCUT2D eigenvalue weighted by atomic mass is 19.1. The molecule has 1 aromatic carbocycles. The van der Waals surface area contributed by atoms with Crippen molar-refractivity contribution >= 4 is 5.97 Å². The number of piperidine rings is 1. The molecule has 3 rings (SSSR count). The van der Waals surface area contributed by atoms with Gasteiger partial charge in [0.2, 0.25) is 0 Å². The van der Waals surface area contributed by atoms with Crippen LogP contribution < -0.4 is 5.32 Å². The fourth-order valence-corrected chi connectivity index (χ4v) is 2.85. The lowest BCUT2D eigenvalue weighted by molar-refractivity contribution is 0.0694.